The average Bonchev–Trinajstić information content (AvgIpc) is 2.61. The molecule has 0 amide bonds. The third-order valence-electron chi connectivity index (χ3n) is 3.69. The zero-order valence-corrected chi connectivity index (χ0v) is 9.33. The topological polar surface area (TPSA) is 86.7 Å². The van der Waals surface area contributed by atoms with E-state index in [1.54, 1.807) is 12.2 Å². The van der Waals surface area contributed by atoms with Crippen molar-refractivity contribution in [2.75, 3.05) is 0 Å². The Kier molecular flexibility index (Phi) is 2.33. The van der Waals surface area contributed by atoms with Gasteiger partial charge in [-0.25, -0.2) is 0 Å². The highest BCUT2D eigenvalue weighted by molar-refractivity contribution is 5.98. The van der Waals surface area contributed by atoms with Crippen molar-refractivity contribution in [3.8, 4) is 0 Å². The molecule has 0 N–H and O–H groups in total. The van der Waals surface area contributed by atoms with Crippen LogP contribution in [0.4, 0.5) is 0 Å². The molecule has 2 bridgehead atoms. The normalized spacial score (nSPS) is 38.7. The fourth-order valence-corrected chi connectivity index (χ4v) is 2.92. The molecule has 2 saturated heterocycles. The second-order valence-corrected chi connectivity index (χ2v) is 4.76. The van der Waals surface area contributed by atoms with Crippen molar-refractivity contribution in [3.63, 3.8) is 0 Å². The molecule has 4 atom stereocenters. The Morgan fingerprint density at radius 2 is 1.22 bits per heavy atom. The lowest BCUT2D eigenvalue weighted by molar-refractivity contribution is -0.160. The van der Waals surface area contributed by atoms with Gasteiger partial charge in [0, 0.05) is 11.8 Å². The van der Waals surface area contributed by atoms with Gasteiger partial charge in [-0.1, -0.05) is 12.2 Å². The van der Waals surface area contributed by atoms with Crippen LogP contribution in [0, 0.1) is 23.7 Å². The molecule has 0 aromatic rings. The molecule has 3 heterocycles. The fraction of sp³-hybridized carbons (Fsp3) is 0.500. The van der Waals surface area contributed by atoms with Crippen LogP contribution in [-0.4, -0.2) is 23.9 Å². The number of hydrogen-bond acceptors (Lipinski definition) is 6. The molecule has 0 saturated carbocycles. The molecule has 0 radical (unpaired) electrons. The van der Waals surface area contributed by atoms with Gasteiger partial charge in [0.25, 0.3) is 0 Å². The first-order chi connectivity index (χ1) is 8.56. The summed E-state index contributed by atoms with van der Waals surface area (Å²) < 4.78 is 9.24. The number of fused-ring (bicyclic) bond motifs is 4. The van der Waals surface area contributed by atoms with Crippen LogP contribution >= 0.6 is 0 Å². The van der Waals surface area contributed by atoms with Crippen LogP contribution in [0.25, 0.3) is 0 Å². The molecule has 4 aliphatic rings. The van der Waals surface area contributed by atoms with Crippen molar-refractivity contribution in [1.29, 1.82) is 0 Å². The van der Waals surface area contributed by atoms with Crippen LogP contribution in [0.2, 0.25) is 0 Å². The number of rotatable bonds is 0. The van der Waals surface area contributed by atoms with E-state index in [1.165, 1.54) is 0 Å². The zero-order chi connectivity index (χ0) is 12.9. The second kappa shape index (κ2) is 3.76. The SMILES string of the molecule is O=C1CC2C=CC(CC(=O)O1)C1C(=O)OC(=O)C21. The largest absolute Gasteiger partial charge is 0.393 e. The zero-order valence-electron chi connectivity index (χ0n) is 9.33. The first-order valence-corrected chi connectivity index (χ1v) is 5.73. The summed E-state index contributed by atoms with van der Waals surface area (Å²) in [4.78, 5) is 46.2. The number of carbonyl (C=O) groups is 4. The number of hydrogen-bond donors (Lipinski definition) is 0. The van der Waals surface area contributed by atoms with Crippen molar-refractivity contribution in [1.82, 2.24) is 0 Å². The van der Waals surface area contributed by atoms with Gasteiger partial charge in [0.2, 0.25) is 0 Å². The summed E-state index contributed by atoms with van der Waals surface area (Å²) in [5.74, 6) is -4.71. The van der Waals surface area contributed by atoms with Crippen molar-refractivity contribution in [2.45, 2.75) is 12.8 Å². The van der Waals surface area contributed by atoms with Crippen LogP contribution in [0.3, 0.4) is 0 Å². The van der Waals surface area contributed by atoms with Crippen molar-refractivity contribution < 1.29 is 28.7 Å². The summed E-state index contributed by atoms with van der Waals surface area (Å²) in [6, 6.07) is 0. The first kappa shape index (κ1) is 11.1. The quantitative estimate of drug-likeness (QED) is 0.341. The van der Waals surface area contributed by atoms with Crippen LogP contribution in [0.1, 0.15) is 12.8 Å². The lowest BCUT2D eigenvalue weighted by Gasteiger charge is -2.27. The molecule has 94 valence electrons. The van der Waals surface area contributed by atoms with Crippen LogP contribution < -0.4 is 0 Å². The lowest BCUT2D eigenvalue weighted by atomic mass is 9.70. The maximum atomic E-state index is 11.7. The number of ether oxygens (including phenoxy) is 2. The summed E-state index contributed by atoms with van der Waals surface area (Å²) in [5, 5.41) is 0. The summed E-state index contributed by atoms with van der Waals surface area (Å²) in [7, 11) is 0. The summed E-state index contributed by atoms with van der Waals surface area (Å²) >= 11 is 0. The standard InChI is InChI=1S/C12H10O6/c13-7-3-5-1-2-6(4-8(14)17-7)10-9(5)11(15)18-12(10)16/h1-2,5-6,9-10H,3-4H2. The Morgan fingerprint density at radius 1 is 0.778 bits per heavy atom. The minimum Gasteiger partial charge on any atom is -0.393 e. The fourth-order valence-electron chi connectivity index (χ4n) is 2.92. The van der Waals surface area contributed by atoms with Gasteiger partial charge in [-0.2, -0.15) is 0 Å². The highest BCUT2D eigenvalue weighted by Crippen LogP contribution is 2.43. The molecular weight excluding hydrogens is 240 g/mol. The molecule has 1 aliphatic carbocycles. The molecule has 4 unspecified atom stereocenters. The lowest BCUT2D eigenvalue weighted by Crippen LogP contribution is -2.34. The third kappa shape index (κ3) is 1.56. The van der Waals surface area contributed by atoms with E-state index >= 15 is 0 Å². The van der Waals surface area contributed by atoms with E-state index in [0.717, 1.165) is 0 Å². The first-order valence-electron chi connectivity index (χ1n) is 5.73. The van der Waals surface area contributed by atoms with E-state index in [0.29, 0.717) is 0 Å². The maximum absolute atomic E-state index is 11.7. The van der Waals surface area contributed by atoms with Gasteiger partial charge >= 0.3 is 23.9 Å². The highest BCUT2D eigenvalue weighted by Gasteiger charge is 2.54. The molecule has 2 fully saturated rings. The number of allylic oxidation sites excluding steroid dienone is 2. The molecular formula is C12H10O6. The van der Waals surface area contributed by atoms with Gasteiger partial charge < -0.3 is 9.47 Å². The van der Waals surface area contributed by atoms with Gasteiger partial charge in [0.15, 0.2) is 0 Å². The smallest absolute Gasteiger partial charge is 0.318 e. The monoisotopic (exact) mass is 250 g/mol. The third-order valence-corrected chi connectivity index (χ3v) is 3.69. The van der Waals surface area contributed by atoms with E-state index in [-0.39, 0.29) is 12.8 Å². The molecule has 4 rings (SSSR count). The predicted molar refractivity (Wildman–Crippen MR) is 54.5 cm³/mol. The summed E-state index contributed by atoms with van der Waals surface area (Å²) in [5.41, 5.74) is 0. The molecule has 0 spiro atoms. The minimum atomic E-state index is -0.664. The van der Waals surface area contributed by atoms with Crippen LogP contribution in [0.5, 0.6) is 0 Å². The van der Waals surface area contributed by atoms with Gasteiger partial charge in [0.1, 0.15) is 0 Å². The van der Waals surface area contributed by atoms with Gasteiger partial charge in [-0.05, 0) is 0 Å². The van der Waals surface area contributed by atoms with Crippen LogP contribution in [-0.2, 0) is 28.7 Å². The summed E-state index contributed by atoms with van der Waals surface area (Å²) in [6.45, 7) is 0. The van der Waals surface area contributed by atoms with Crippen molar-refractivity contribution in [2.24, 2.45) is 23.7 Å². The Balaban J connectivity index is 2.04. The molecule has 0 aromatic heterocycles. The van der Waals surface area contributed by atoms with Gasteiger partial charge in [-0.3, -0.25) is 19.2 Å². The molecule has 6 heteroatoms. The van der Waals surface area contributed by atoms with E-state index < -0.39 is 47.5 Å². The van der Waals surface area contributed by atoms with E-state index in [9.17, 15) is 19.2 Å². The van der Waals surface area contributed by atoms with Crippen molar-refractivity contribution in [3.05, 3.63) is 12.2 Å². The van der Waals surface area contributed by atoms with Gasteiger partial charge in [-0.15, -0.1) is 0 Å². The highest BCUT2D eigenvalue weighted by atomic mass is 16.6. The Labute approximate surface area is 102 Å². The van der Waals surface area contributed by atoms with Gasteiger partial charge in [0.05, 0.1) is 24.7 Å². The van der Waals surface area contributed by atoms with E-state index in [4.69, 9.17) is 0 Å². The summed E-state index contributed by atoms with van der Waals surface area (Å²) in [6.07, 6.45) is 3.26. The Hall–Kier alpha value is -1.98. The number of cyclic esters (lactones) is 2. The van der Waals surface area contributed by atoms with Crippen molar-refractivity contribution >= 4 is 23.9 Å². The number of esters is 4. The minimum absolute atomic E-state index is 0.0848. The van der Waals surface area contributed by atoms with E-state index in [1.807, 2.05) is 0 Å². The second-order valence-electron chi connectivity index (χ2n) is 4.76. The predicted octanol–water partition coefficient (Wildman–Crippen LogP) is -0.0320. The maximum Gasteiger partial charge on any atom is 0.318 e. The van der Waals surface area contributed by atoms with Crippen LogP contribution in [0.15, 0.2) is 12.2 Å². The molecule has 3 aliphatic heterocycles. The molecule has 6 nitrogen and oxygen atoms in total. The Bertz CT molecular complexity index is 449. The Morgan fingerprint density at radius 3 is 1.67 bits per heavy atom. The average molecular weight is 250 g/mol. The van der Waals surface area contributed by atoms with E-state index in [2.05, 4.69) is 9.47 Å². The number of carbonyl (C=O) groups excluding carboxylic acids is 4. The molecule has 18 heavy (non-hydrogen) atoms. The molecule has 0 aromatic carbocycles.